The van der Waals surface area contributed by atoms with Crippen molar-refractivity contribution in [3.8, 4) is 0 Å². The van der Waals surface area contributed by atoms with E-state index in [1.165, 1.54) is 19.2 Å². The first kappa shape index (κ1) is 26.8. The Bertz CT molecular complexity index is 1190. The second-order valence-electron chi connectivity index (χ2n) is 9.65. The molecule has 2 aliphatic rings. The number of hydrogen-bond donors (Lipinski definition) is 3. The molecule has 0 saturated heterocycles. The zero-order valence-corrected chi connectivity index (χ0v) is 22.0. The van der Waals surface area contributed by atoms with E-state index in [4.69, 9.17) is 4.74 Å². The third kappa shape index (κ3) is 5.55. The van der Waals surface area contributed by atoms with Crippen LogP contribution in [0.4, 0.5) is 15.8 Å². The van der Waals surface area contributed by atoms with Gasteiger partial charge in [0.2, 0.25) is 11.8 Å². The second kappa shape index (κ2) is 11.4. The number of methoxy groups -OCH3 is 1. The van der Waals surface area contributed by atoms with Gasteiger partial charge < -0.3 is 30.2 Å². The number of rotatable bonds is 10. The molecule has 0 aliphatic carbocycles. The van der Waals surface area contributed by atoms with Gasteiger partial charge in [0.1, 0.15) is 12.4 Å². The van der Waals surface area contributed by atoms with E-state index in [-0.39, 0.29) is 24.1 Å². The molecule has 37 heavy (non-hydrogen) atoms. The van der Waals surface area contributed by atoms with E-state index in [1.807, 2.05) is 11.8 Å². The number of fused-ring (bicyclic) bond motifs is 2. The molecule has 200 valence electrons. The Hall–Kier alpha value is -3.24. The maximum Gasteiger partial charge on any atom is 0.256 e. The first-order valence-electron chi connectivity index (χ1n) is 12.9. The van der Waals surface area contributed by atoms with E-state index in [9.17, 15) is 18.8 Å². The highest BCUT2D eigenvalue weighted by Crippen LogP contribution is 2.39. The summed E-state index contributed by atoms with van der Waals surface area (Å²) in [7, 11) is 1.38. The van der Waals surface area contributed by atoms with Crippen molar-refractivity contribution < 1.29 is 23.5 Å². The van der Waals surface area contributed by atoms with Gasteiger partial charge in [0.15, 0.2) is 0 Å². The third-order valence-electron chi connectivity index (χ3n) is 7.41. The molecule has 3 N–H and O–H groups in total. The number of likely N-dealkylation sites (N-methyl/N-ethyl adjacent to an activating group) is 1. The van der Waals surface area contributed by atoms with Crippen molar-refractivity contribution in [2.75, 3.05) is 57.1 Å². The van der Waals surface area contributed by atoms with Crippen LogP contribution in [0, 0.1) is 12.7 Å². The summed E-state index contributed by atoms with van der Waals surface area (Å²) in [5.41, 5.74) is 4.25. The van der Waals surface area contributed by atoms with Crippen molar-refractivity contribution in [2.45, 2.75) is 46.0 Å². The number of nitrogens with one attached hydrogen (secondary N) is 3. The Morgan fingerprint density at radius 1 is 1.27 bits per heavy atom. The minimum atomic E-state index is -0.622. The molecule has 9 nitrogen and oxygen atoms in total. The zero-order chi connectivity index (χ0) is 26.7. The van der Waals surface area contributed by atoms with Crippen LogP contribution in [0.2, 0.25) is 0 Å². The van der Waals surface area contributed by atoms with Crippen molar-refractivity contribution in [2.24, 2.45) is 0 Å². The van der Waals surface area contributed by atoms with Crippen molar-refractivity contribution >= 4 is 29.1 Å². The Morgan fingerprint density at radius 2 is 2.03 bits per heavy atom. The van der Waals surface area contributed by atoms with E-state index >= 15 is 0 Å². The van der Waals surface area contributed by atoms with Gasteiger partial charge in [-0.2, -0.15) is 0 Å². The molecule has 0 fully saturated rings. The maximum atomic E-state index is 14.8. The molecule has 2 aliphatic heterocycles. The summed E-state index contributed by atoms with van der Waals surface area (Å²) >= 11 is 0. The number of carbonyl (C=O) groups is 3. The maximum absolute atomic E-state index is 14.8. The third-order valence-corrected chi connectivity index (χ3v) is 7.41. The number of benzene rings is 1. The standard InChI is InChI=1S/C27H36FN5O4/c1-5-32(6-2)10-11-33-9-7-8-20-25(27(33)36)16(3)21(29-20)13-18-17-12-19(28)23(30-24(34)15-37-4)14-22(17)31-26(18)35/h12,14,18,29H,5-11,13,15H2,1-4H3,(H,30,34)(H,31,35). The number of nitrogens with zero attached hydrogens (tertiary/aromatic N) is 2. The first-order chi connectivity index (χ1) is 17.8. The largest absolute Gasteiger partial charge is 0.375 e. The smallest absolute Gasteiger partial charge is 0.256 e. The number of H-pyrrole nitrogens is 1. The van der Waals surface area contributed by atoms with E-state index in [0.29, 0.717) is 29.8 Å². The molecule has 0 spiro atoms. The van der Waals surface area contributed by atoms with Crippen LogP contribution in [0.1, 0.15) is 59.1 Å². The molecule has 4 rings (SSSR count). The SMILES string of the molecule is CCN(CC)CCN1CCCc2[nH]c(CC3C(=O)Nc4cc(NC(=O)COC)c(F)cc43)c(C)c2C1=O. The summed E-state index contributed by atoms with van der Waals surface area (Å²) in [6.45, 7) is 10.1. The summed E-state index contributed by atoms with van der Waals surface area (Å²) < 4.78 is 19.6. The molecule has 3 amide bonds. The summed E-state index contributed by atoms with van der Waals surface area (Å²) in [5.74, 6) is -1.93. The second-order valence-corrected chi connectivity index (χ2v) is 9.65. The van der Waals surface area contributed by atoms with Gasteiger partial charge in [-0.15, -0.1) is 0 Å². The van der Waals surface area contributed by atoms with Crippen LogP contribution in [0.15, 0.2) is 12.1 Å². The van der Waals surface area contributed by atoms with E-state index in [0.717, 1.165) is 56.0 Å². The molecule has 1 aromatic carbocycles. The van der Waals surface area contributed by atoms with E-state index in [2.05, 4.69) is 34.4 Å². The van der Waals surface area contributed by atoms with Crippen LogP contribution in [0.5, 0.6) is 0 Å². The molecule has 1 atom stereocenters. The van der Waals surface area contributed by atoms with Crippen LogP contribution in [0.3, 0.4) is 0 Å². The lowest BCUT2D eigenvalue weighted by Gasteiger charge is -2.25. The number of aromatic amines is 1. The van der Waals surface area contributed by atoms with Gasteiger partial charge in [0.05, 0.1) is 17.2 Å². The molecular formula is C27H36FN5O4. The van der Waals surface area contributed by atoms with E-state index in [1.54, 1.807) is 0 Å². The molecule has 1 unspecified atom stereocenters. The highest BCUT2D eigenvalue weighted by molar-refractivity contribution is 6.04. The molecule has 10 heteroatoms. The van der Waals surface area contributed by atoms with Crippen molar-refractivity contribution in [3.63, 3.8) is 0 Å². The van der Waals surface area contributed by atoms with Gasteiger partial charge in [-0.05, 0) is 56.1 Å². The number of aromatic nitrogens is 1. The molecular weight excluding hydrogens is 477 g/mol. The molecule has 0 saturated carbocycles. The van der Waals surface area contributed by atoms with Crippen LogP contribution in [-0.2, 0) is 27.2 Å². The predicted molar refractivity (Wildman–Crippen MR) is 140 cm³/mol. The highest BCUT2D eigenvalue weighted by atomic mass is 19.1. The van der Waals surface area contributed by atoms with Crippen molar-refractivity contribution in [1.29, 1.82) is 0 Å². The van der Waals surface area contributed by atoms with E-state index < -0.39 is 17.6 Å². The minimum absolute atomic E-state index is 0.0140. The molecule has 1 aromatic heterocycles. The molecule has 0 bridgehead atoms. The number of hydrogen-bond acceptors (Lipinski definition) is 5. The molecule has 3 heterocycles. The lowest BCUT2D eigenvalue weighted by atomic mass is 9.93. The predicted octanol–water partition coefficient (Wildman–Crippen LogP) is 3.06. The lowest BCUT2D eigenvalue weighted by Crippen LogP contribution is -2.38. The number of ether oxygens (including phenoxy) is 1. The summed E-state index contributed by atoms with van der Waals surface area (Å²) in [6.07, 6.45) is 1.95. The lowest BCUT2D eigenvalue weighted by molar-refractivity contribution is -0.119. The number of amides is 3. The monoisotopic (exact) mass is 513 g/mol. The molecule has 2 aromatic rings. The van der Waals surface area contributed by atoms with Crippen LogP contribution in [-0.4, -0.2) is 78.9 Å². The average Bonchev–Trinajstić information content (AvgIpc) is 3.27. The van der Waals surface area contributed by atoms with Gasteiger partial charge in [-0.1, -0.05) is 13.8 Å². The Morgan fingerprint density at radius 3 is 2.73 bits per heavy atom. The van der Waals surface area contributed by atoms with Crippen LogP contribution in [0.25, 0.3) is 0 Å². The van der Waals surface area contributed by atoms with Crippen LogP contribution < -0.4 is 10.6 Å². The van der Waals surface area contributed by atoms with Gasteiger partial charge in [-0.25, -0.2) is 4.39 Å². The number of halogens is 1. The summed E-state index contributed by atoms with van der Waals surface area (Å²) in [4.78, 5) is 45.8. The fourth-order valence-corrected chi connectivity index (χ4v) is 5.28. The number of aryl methyl sites for hydroxylation is 1. The van der Waals surface area contributed by atoms with Crippen molar-refractivity contribution in [3.05, 3.63) is 46.0 Å². The van der Waals surface area contributed by atoms with Crippen LogP contribution >= 0.6 is 0 Å². The highest BCUT2D eigenvalue weighted by Gasteiger charge is 2.35. The van der Waals surface area contributed by atoms with Gasteiger partial charge in [0.25, 0.3) is 5.91 Å². The fraction of sp³-hybridized carbons (Fsp3) is 0.519. The van der Waals surface area contributed by atoms with Gasteiger partial charge >= 0.3 is 0 Å². The Kier molecular flexibility index (Phi) is 8.29. The minimum Gasteiger partial charge on any atom is -0.375 e. The van der Waals surface area contributed by atoms with Gasteiger partial charge in [0, 0.05) is 50.2 Å². The summed E-state index contributed by atoms with van der Waals surface area (Å²) in [6, 6.07) is 2.73. The average molecular weight is 514 g/mol. The zero-order valence-electron chi connectivity index (χ0n) is 22.0. The quantitative estimate of drug-likeness (QED) is 0.453. The van der Waals surface area contributed by atoms with Gasteiger partial charge in [-0.3, -0.25) is 14.4 Å². The normalized spacial score (nSPS) is 17.0. The number of carbonyl (C=O) groups excluding carboxylic acids is 3. The Balaban J connectivity index is 1.55. The fourth-order valence-electron chi connectivity index (χ4n) is 5.28. The summed E-state index contributed by atoms with van der Waals surface area (Å²) in [5, 5.41) is 5.26. The number of anilines is 2. The Labute approximate surface area is 216 Å². The molecule has 0 radical (unpaired) electrons. The first-order valence-corrected chi connectivity index (χ1v) is 12.9. The topological polar surface area (TPSA) is 107 Å². The van der Waals surface area contributed by atoms with Crippen molar-refractivity contribution in [1.82, 2.24) is 14.8 Å².